The van der Waals surface area contributed by atoms with Crippen molar-refractivity contribution >= 4 is 22.6 Å². The van der Waals surface area contributed by atoms with Crippen LogP contribution in [0, 0.1) is 11.6 Å². The van der Waals surface area contributed by atoms with Gasteiger partial charge in [-0.3, -0.25) is 4.79 Å². The normalized spacial score (nSPS) is 10.8. The Bertz CT molecular complexity index is 845. The molecule has 0 saturated heterocycles. The molecule has 21 heavy (non-hydrogen) atoms. The van der Waals surface area contributed by atoms with E-state index in [4.69, 9.17) is 0 Å². The van der Waals surface area contributed by atoms with Gasteiger partial charge in [0.2, 0.25) is 0 Å². The Morgan fingerprint density at radius 3 is 2.81 bits per heavy atom. The van der Waals surface area contributed by atoms with Crippen molar-refractivity contribution in [1.82, 2.24) is 9.97 Å². The molecule has 0 saturated carbocycles. The maximum absolute atomic E-state index is 13.5. The first-order valence-corrected chi connectivity index (χ1v) is 5.98. The van der Waals surface area contributed by atoms with Gasteiger partial charge in [0.1, 0.15) is 17.2 Å². The van der Waals surface area contributed by atoms with Crippen LogP contribution >= 0.6 is 0 Å². The summed E-state index contributed by atoms with van der Waals surface area (Å²) < 4.78 is 26.5. The van der Waals surface area contributed by atoms with Crippen LogP contribution in [0.1, 0.15) is 10.5 Å². The fourth-order valence-electron chi connectivity index (χ4n) is 1.88. The number of halogens is 2. The predicted molar refractivity (Wildman–Crippen MR) is 72.1 cm³/mol. The number of carbonyl (C=O) groups is 1. The van der Waals surface area contributed by atoms with E-state index in [-0.39, 0.29) is 11.4 Å². The number of nitrogens with one attached hydrogen (secondary N) is 2. The van der Waals surface area contributed by atoms with Crippen molar-refractivity contribution in [3.63, 3.8) is 0 Å². The standard InChI is InChI=1S/C14H9F2N3O2/c15-8-5-9(16)12(20)6-11(8)19-14(21)10-2-1-7-3-4-17-13(7)18-10/h1-6,20H,(H,17,18)(H,19,21). The smallest absolute Gasteiger partial charge is 0.274 e. The van der Waals surface area contributed by atoms with Gasteiger partial charge in [-0.05, 0) is 18.2 Å². The third-order valence-electron chi connectivity index (χ3n) is 2.93. The molecule has 0 aliphatic carbocycles. The summed E-state index contributed by atoms with van der Waals surface area (Å²) in [6, 6.07) is 6.25. The maximum atomic E-state index is 13.5. The van der Waals surface area contributed by atoms with E-state index in [0.717, 1.165) is 11.5 Å². The summed E-state index contributed by atoms with van der Waals surface area (Å²) in [5.41, 5.74) is 0.255. The number of hydrogen-bond acceptors (Lipinski definition) is 3. The minimum atomic E-state index is -1.10. The molecule has 0 fully saturated rings. The van der Waals surface area contributed by atoms with Gasteiger partial charge < -0.3 is 15.4 Å². The van der Waals surface area contributed by atoms with E-state index in [2.05, 4.69) is 15.3 Å². The number of pyridine rings is 1. The molecule has 0 spiro atoms. The zero-order chi connectivity index (χ0) is 15.0. The molecule has 3 aromatic rings. The molecule has 0 atom stereocenters. The Balaban J connectivity index is 1.90. The molecule has 0 bridgehead atoms. The number of phenols is 1. The highest BCUT2D eigenvalue weighted by Crippen LogP contribution is 2.24. The first kappa shape index (κ1) is 13.0. The molecule has 2 heterocycles. The van der Waals surface area contributed by atoms with Gasteiger partial charge in [-0.15, -0.1) is 0 Å². The molecule has 5 nitrogen and oxygen atoms in total. The lowest BCUT2D eigenvalue weighted by atomic mass is 10.2. The lowest BCUT2D eigenvalue weighted by Crippen LogP contribution is -2.14. The van der Waals surface area contributed by atoms with Crippen molar-refractivity contribution in [2.45, 2.75) is 0 Å². The maximum Gasteiger partial charge on any atom is 0.274 e. The number of aromatic amines is 1. The average molecular weight is 289 g/mol. The number of nitrogens with zero attached hydrogens (tertiary/aromatic N) is 1. The molecule has 106 valence electrons. The number of amides is 1. The van der Waals surface area contributed by atoms with Gasteiger partial charge in [0.15, 0.2) is 11.6 Å². The van der Waals surface area contributed by atoms with Crippen LogP contribution in [-0.4, -0.2) is 21.0 Å². The second-order valence-corrected chi connectivity index (χ2v) is 4.35. The highest BCUT2D eigenvalue weighted by atomic mass is 19.1. The molecule has 3 N–H and O–H groups in total. The van der Waals surface area contributed by atoms with Crippen LogP contribution in [-0.2, 0) is 0 Å². The number of phenolic OH excluding ortho intramolecular Hbond substituents is 1. The third kappa shape index (κ3) is 2.40. The van der Waals surface area contributed by atoms with Crippen LogP contribution < -0.4 is 5.32 Å². The topological polar surface area (TPSA) is 78.0 Å². The van der Waals surface area contributed by atoms with E-state index < -0.39 is 23.3 Å². The average Bonchev–Trinajstić information content (AvgIpc) is 2.92. The van der Waals surface area contributed by atoms with E-state index in [9.17, 15) is 18.7 Å². The summed E-state index contributed by atoms with van der Waals surface area (Å²) in [5.74, 6) is -3.51. The van der Waals surface area contributed by atoms with Gasteiger partial charge in [-0.25, -0.2) is 13.8 Å². The fraction of sp³-hybridized carbons (Fsp3) is 0. The van der Waals surface area contributed by atoms with Crippen LogP contribution in [0.4, 0.5) is 14.5 Å². The number of anilines is 1. The summed E-state index contributed by atoms with van der Waals surface area (Å²) in [7, 11) is 0. The van der Waals surface area contributed by atoms with Crippen LogP contribution in [0.25, 0.3) is 11.0 Å². The van der Waals surface area contributed by atoms with E-state index in [0.29, 0.717) is 11.7 Å². The molecule has 0 radical (unpaired) electrons. The number of aromatic hydroxyl groups is 1. The minimum Gasteiger partial charge on any atom is -0.505 e. The molecule has 0 unspecified atom stereocenters. The molecule has 0 aliphatic heterocycles. The summed E-state index contributed by atoms with van der Waals surface area (Å²) >= 11 is 0. The fourth-order valence-corrected chi connectivity index (χ4v) is 1.88. The van der Waals surface area contributed by atoms with Gasteiger partial charge in [-0.1, -0.05) is 0 Å². The van der Waals surface area contributed by atoms with Crippen LogP contribution in [0.3, 0.4) is 0 Å². The highest BCUT2D eigenvalue weighted by Gasteiger charge is 2.14. The summed E-state index contributed by atoms with van der Waals surface area (Å²) in [5, 5.41) is 12.3. The van der Waals surface area contributed by atoms with Gasteiger partial charge in [-0.2, -0.15) is 0 Å². The second-order valence-electron chi connectivity index (χ2n) is 4.35. The first-order valence-electron chi connectivity index (χ1n) is 5.98. The number of hydrogen-bond donors (Lipinski definition) is 3. The van der Waals surface area contributed by atoms with Gasteiger partial charge in [0.25, 0.3) is 5.91 Å². The third-order valence-corrected chi connectivity index (χ3v) is 2.93. The number of fused-ring (bicyclic) bond motifs is 1. The lowest BCUT2D eigenvalue weighted by molar-refractivity contribution is 0.102. The monoisotopic (exact) mass is 289 g/mol. The highest BCUT2D eigenvalue weighted by molar-refractivity contribution is 6.04. The molecular formula is C14H9F2N3O2. The van der Waals surface area contributed by atoms with E-state index in [1.54, 1.807) is 18.3 Å². The van der Waals surface area contributed by atoms with Gasteiger partial charge >= 0.3 is 0 Å². The Morgan fingerprint density at radius 2 is 2.00 bits per heavy atom. The molecule has 1 aromatic carbocycles. The zero-order valence-electron chi connectivity index (χ0n) is 10.5. The van der Waals surface area contributed by atoms with E-state index in [1.165, 1.54) is 6.07 Å². The lowest BCUT2D eigenvalue weighted by Gasteiger charge is -2.07. The quantitative estimate of drug-likeness (QED) is 0.679. The molecular weight excluding hydrogens is 280 g/mol. The Labute approximate surface area is 117 Å². The number of rotatable bonds is 2. The molecule has 7 heteroatoms. The van der Waals surface area contributed by atoms with Gasteiger partial charge in [0, 0.05) is 23.7 Å². The van der Waals surface area contributed by atoms with Crippen molar-refractivity contribution in [2.24, 2.45) is 0 Å². The largest absolute Gasteiger partial charge is 0.505 e. The van der Waals surface area contributed by atoms with Crippen molar-refractivity contribution < 1.29 is 18.7 Å². The van der Waals surface area contributed by atoms with Crippen molar-refractivity contribution in [3.05, 3.63) is 53.9 Å². The first-order chi connectivity index (χ1) is 10.0. The molecule has 1 amide bonds. The minimum absolute atomic E-state index is 0.0631. The van der Waals surface area contributed by atoms with Crippen molar-refractivity contribution in [3.8, 4) is 5.75 Å². The SMILES string of the molecule is O=C(Nc1cc(O)c(F)cc1F)c1ccc2cc[nH]c2n1. The second kappa shape index (κ2) is 4.86. The van der Waals surface area contributed by atoms with Crippen LogP contribution in [0.15, 0.2) is 36.5 Å². The van der Waals surface area contributed by atoms with E-state index >= 15 is 0 Å². The number of H-pyrrole nitrogens is 1. The summed E-state index contributed by atoms with van der Waals surface area (Å²) in [6.45, 7) is 0. The number of aromatic nitrogens is 2. The van der Waals surface area contributed by atoms with Gasteiger partial charge in [0.05, 0.1) is 5.69 Å². The Hall–Kier alpha value is -2.96. The van der Waals surface area contributed by atoms with Crippen molar-refractivity contribution in [1.29, 1.82) is 0 Å². The van der Waals surface area contributed by atoms with Crippen LogP contribution in [0.2, 0.25) is 0 Å². The number of benzene rings is 1. The predicted octanol–water partition coefficient (Wildman–Crippen LogP) is 2.80. The van der Waals surface area contributed by atoms with E-state index in [1.807, 2.05) is 0 Å². The summed E-state index contributed by atoms with van der Waals surface area (Å²) in [4.78, 5) is 18.9. The Morgan fingerprint density at radius 1 is 1.19 bits per heavy atom. The molecule has 2 aromatic heterocycles. The van der Waals surface area contributed by atoms with Crippen molar-refractivity contribution in [2.75, 3.05) is 5.32 Å². The van der Waals surface area contributed by atoms with Crippen LogP contribution in [0.5, 0.6) is 5.75 Å². The molecule has 0 aliphatic rings. The molecule has 3 rings (SSSR count). The Kier molecular flexibility index (Phi) is 3.02. The zero-order valence-corrected chi connectivity index (χ0v) is 10.5. The summed E-state index contributed by atoms with van der Waals surface area (Å²) in [6.07, 6.45) is 1.68. The number of carbonyl (C=O) groups excluding carboxylic acids is 1.